The van der Waals surface area contributed by atoms with E-state index in [1.807, 2.05) is 25.1 Å². The lowest BCUT2D eigenvalue weighted by Crippen LogP contribution is -2.23. The average molecular weight is 360 g/mol. The van der Waals surface area contributed by atoms with Crippen LogP contribution < -0.4 is 10.1 Å². The van der Waals surface area contributed by atoms with E-state index < -0.39 is 0 Å². The van der Waals surface area contributed by atoms with Crippen molar-refractivity contribution < 1.29 is 14.3 Å². The number of rotatable bonds is 9. The Balaban J connectivity index is 1.77. The van der Waals surface area contributed by atoms with Crippen LogP contribution in [0, 0.1) is 0 Å². The number of benzene rings is 2. The molecule has 0 bridgehead atoms. The molecular formula is C20H22ClNO3. The number of hydrogen-bond donors (Lipinski definition) is 1. The van der Waals surface area contributed by atoms with Crippen molar-refractivity contribution in [2.75, 3.05) is 6.61 Å². The van der Waals surface area contributed by atoms with E-state index in [4.69, 9.17) is 16.3 Å². The maximum atomic E-state index is 12.2. The molecule has 4 nitrogen and oxygen atoms in total. The topological polar surface area (TPSA) is 55.4 Å². The van der Waals surface area contributed by atoms with E-state index in [-0.39, 0.29) is 24.5 Å². The highest BCUT2D eigenvalue weighted by Gasteiger charge is 2.10. The fourth-order valence-corrected chi connectivity index (χ4v) is 2.45. The molecule has 0 radical (unpaired) electrons. The molecule has 132 valence electrons. The Kier molecular flexibility index (Phi) is 7.48. The van der Waals surface area contributed by atoms with Gasteiger partial charge in [0.05, 0.1) is 6.61 Å². The van der Waals surface area contributed by atoms with E-state index in [2.05, 4.69) is 5.32 Å². The van der Waals surface area contributed by atoms with Gasteiger partial charge in [-0.15, -0.1) is 0 Å². The van der Waals surface area contributed by atoms with Crippen LogP contribution in [0.15, 0.2) is 48.5 Å². The van der Waals surface area contributed by atoms with Crippen molar-refractivity contribution in [1.29, 1.82) is 0 Å². The summed E-state index contributed by atoms with van der Waals surface area (Å²) >= 11 is 6.04. The molecule has 0 aliphatic rings. The van der Waals surface area contributed by atoms with E-state index in [9.17, 15) is 9.59 Å². The Morgan fingerprint density at radius 1 is 1.04 bits per heavy atom. The standard InChI is InChI=1S/C20H22ClNO3/c1-2-13-25-17-9-7-15(8-10-17)19(23)11-12-20(24)22-14-16-5-3-4-6-18(16)21/h3-10H,2,11-14H2,1H3,(H,22,24). The summed E-state index contributed by atoms with van der Waals surface area (Å²) in [6, 6.07) is 14.4. The average Bonchev–Trinajstić information content (AvgIpc) is 2.64. The van der Waals surface area contributed by atoms with Gasteiger partial charge in [0.2, 0.25) is 5.91 Å². The Bertz CT molecular complexity index is 713. The van der Waals surface area contributed by atoms with Crippen molar-refractivity contribution in [2.45, 2.75) is 32.7 Å². The largest absolute Gasteiger partial charge is 0.494 e. The zero-order chi connectivity index (χ0) is 18.1. The Hall–Kier alpha value is -2.33. The minimum Gasteiger partial charge on any atom is -0.494 e. The zero-order valence-electron chi connectivity index (χ0n) is 14.3. The molecule has 2 aromatic carbocycles. The third kappa shape index (κ3) is 6.24. The minimum absolute atomic E-state index is 0.0602. The number of carbonyl (C=O) groups excluding carboxylic acids is 2. The maximum Gasteiger partial charge on any atom is 0.220 e. The van der Waals surface area contributed by atoms with Gasteiger partial charge in [-0.25, -0.2) is 0 Å². The molecule has 1 amide bonds. The predicted molar refractivity (Wildman–Crippen MR) is 99.1 cm³/mol. The lowest BCUT2D eigenvalue weighted by atomic mass is 10.1. The Morgan fingerprint density at radius 3 is 2.44 bits per heavy atom. The SMILES string of the molecule is CCCOc1ccc(C(=O)CCC(=O)NCc2ccccc2Cl)cc1. The van der Waals surface area contributed by atoms with Crippen molar-refractivity contribution in [3.05, 3.63) is 64.7 Å². The molecule has 0 atom stereocenters. The fraction of sp³-hybridized carbons (Fsp3) is 0.300. The molecule has 0 aliphatic heterocycles. The first-order valence-electron chi connectivity index (χ1n) is 8.36. The first-order valence-corrected chi connectivity index (χ1v) is 8.74. The van der Waals surface area contributed by atoms with Crippen molar-refractivity contribution in [3.63, 3.8) is 0 Å². The van der Waals surface area contributed by atoms with Gasteiger partial charge in [-0.2, -0.15) is 0 Å². The lowest BCUT2D eigenvalue weighted by molar-refractivity contribution is -0.121. The lowest BCUT2D eigenvalue weighted by Gasteiger charge is -2.07. The summed E-state index contributed by atoms with van der Waals surface area (Å²) in [5.74, 6) is 0.516. The number of amides is 1. The molecule has 0 unspecified atom stereocenters. The van der Waals surface area contributed by atoms with Gasteiger partial charge in [-0.05, 0) is 42.3 Å². The van der Waals surface area contributed by atoms with Gasteiger partial charge in [0.1, 0.15) is 5.75 Å². The smallest absolute Gasteiger partial charge is 0.220 e. The molecule has 0 aromatic heterocycles. The summed E-state index contributed by atoms with van der Waals surface area (Å²) in [5, 5.41) is 3.40. The van der Waals surface area contributed by atoms with Crippen LogP contribution in [0.4, 0.5) is 0 Å². The van der Waals surface area contributed by atoms with Crippen molar-refractivity contribution in [3.8, 4) is 5.75 Å². The van der Waals surface area contributed by atoms with E-state index in [1.54, 1.807) is 30.3 Å². The fourth-order valence-electron chi connectivity index (χ4n) is 2.25. The number of ketones is 1. The summed E-state index contributed by atoms with van der Waals surface area (Å²) in [6.45, 7) is 3.05. The van der Waals surface area contributed by atoms with Gasteiger partial charge < -0.3 is 10.1 Å². The van der Waals surface area contributed by atoms with Crippen molar-refractivity contribution in [2.24, 2.45) is 0 Å². The summed E-state index contributed by atoms with van der Waals surface area (Å²) in [7, 11) is 0. The predicted octanol–water partition coefficient (Wildman–Crippen LogP) is 4.41. The number of ether oxygens (including phenoxy) is 1. The molecule has 0 fully saturated rings. The van der Waals surface area contributed by atoms with Gasteiger partial charge in [-0.3, -0.25) is 9.59 Å². The van der Waals surface area contributed by atoms with E-state index in [0.717, 1.165) is 17.7 Å². The molecule has 0 spiro atoms. The first-order chi connectivity index (χ1) is 12.1. The number of hydrogen-bond acceptors (Lipinski definition) is 3. The van der Waals surface area contributed by atoms with Crippen LogP contribution in [0.2, 0.25) is 5.02 Å². The molecule has 1 N–H and O–H groups in total. The molecule has 25 heavy (non-hydrogen) atoms. The summed E-state index contributed by atoms with van der Waals surface area (Å²) < 4.78 is 5.49. The van der Waals surface area contributed by atoms with Crippen LogP contribution in [0.1, 0.15) is 42.1 Å². The highest BCUT2D eigenvalue weighted by molar-refractivity contribution is 6.31. The number of halogens is 1. The second kappa shape index (κ2) is 9.84. The van der Waals surface area contributed by atoms with Gasteiger partial charge in [-0.1, -0.05) is 36.7 Å². The highest BCUT2D eigenvalue weighted by Crippen LogP contribution is 2.15. The normalized spacial score (nSPS) is 10.3. The van der Waals surface area contributed by atoms with Crippen LogP contribution in [0.25, 0.3) is 0 Å². The monoisotopic (exact) mass is 359 g/mol. The van der Waals surface area contributed by atoms with Crippen LogP contribution in [0.3, 0.4) is 0 Å². The second-order valence-corrected chi connectivity index (χ2v) is 6.07. The molecule has 5 heteroatoms. The quantitative estimate of drug-likeness (QED) is 0.675. The van der Waals surface area contributed by atoms with Crippen molar-refractivity contribution >= 4 is 23.3 Å². The van der Waals surface area contributed by atoms with E-state index in [1.165, 1.54) is 0 Å². The molecule has 0 saturated heterocycles. The summed E-state index contributed by atoms with van der Waals surface area (Å²) in [5.41, 5.74) is 1.44. The zero-order valence-corrected chi connectivity index (χ0v) is 15.0. The first kappa shape index (κ1) is 19.0. The van der Waals surface area contributed by atoms with Crippen molar-refractivity contribution in [1.82, 2.24) is 5.32 Å². The van der Waals surface area contributed by atoms with E-state index >= 15 is 0 Å². The third-order valence-corrected chi connectivity index (χ3v) is 4.03. The third-order valence-electron chi connectivity index (χ3n) is 3.66. The van der Waals surface area contributed by atoms with E-state index in [0.29, 0.717) is 23.7 Å². The molecule has 2 aromatic rings. The summed E-state index contributed by atoms with van der Waals surface area (Å²) in [6.07, 6.45) is 1.25. The Labute approximate surface area is 153 Å². The minimum atomic E-state index is -0.170. The number of carbonyl (C=O) groups is 2. The highest BCUT2D eigenvalue weighted by atomic mass is 35.5. The summed E-state index contributed by atoms with van der Waals surface area (Å²) in [4.78, 5) is 24.1. The van der Waals surface area contributed by atoms with Gasteiger partial charge in [0, 0.05) is 30.0 Å². The number of Topliss-reactive ketones (excluding diaryl/α,β-unsaturated/α-hetero) is 1. The number of nitrogens with one attached hydrogen (secondary N) is 1. The Morgan fingerprint density at radius 2 is 1.76 bits per heavy atom. The van der Waals surface area contributed by atoms with Crippen LogP contribution >= 0.6 is 11.6 Å². The van der Waals surface area contributed by atoms with Crippen LogP contribution in [-0.2, 0) is 11.3 Å². The van der Waals surface area contributed by atoms with Crippen LogP contribution in [-0.4, -0.2) is 18.3 Å². The molecule has 0 heterocycles. The van der Waals surface area contributed by atoms with Gasteiger partial charge >= 0.3 is 0 Å². The van der Waals surface area contributed by atoms with Gasteiger partial charge in [0.25, 0.3) is 0 Å². The molecule has 2 rings (SSSR count). The second-order valence-electron chi connectivity index (χ2n) is 5.66. The molecule has 0 saturated carbocycles. The molecular weight excluding hydrogens is 338 g/mol. The molecule has 0 aliphatic carbocycles. The van der Waals surface area contributed by atoms with Crippen LogP contribution in [0.5, 0.6) is 5.75 Å². The van der Waals surface area contributed by atoms with Gasteiger partial charge in [0.15, 0.2) is 5.78 Å². The maximum absolute atomic E-state index is 12.2.